The molecule has 17 heavy (non-hydrogen) atoms. The van der Waals surface area contributed by atoms with Gasteiger partial charge in [0.15, 0.2) is 0 Å². The number of carbonyl (C=O) groups excluding carboxylic acids is 1. The Hall–Kier alpha value is -1.55. The van der Waals surface area contributed by atoms with Gasteiger partial charge in [0, 0.05) is 24.2 Å². The third-order valence-corrected chi connectivity index (χ3v) is 2.62. The summed E-state index contributed by atoms with van der Waals surface area (Å²) in [5, 5.41) is 15.4. The maximum absolute atomic E-state index is 11.8. The summed E-state index contributed by atoms with van der Waals surface area (Å²) in [5.41, 5.74) is 1.42. The summed E-state index contributed by atoms with van der Waals surface area (Å²) in [6, 6.07) is 5.13. The molecular weight excluding hydrogens is 216 g/mol. The van der Waals surface area contributed by atoms with Crippen molar-refractivity contribution in [1.29, 1.82) is 0 Å². The topological polar surface area (TPSA) is 61.4 Å². The van der Waals surface area contributed by atoms with Crippen LogP contribution in [0, 0.1) is 12.8 Å². The number of aryl methyl sites for hydroxylation is 1. The minimum absolute atomic E-state index is 0.0470. The molecule has 1 rings (SSSR count). The van der Waals surface area contributed by atoms with E-state index in [2.05, 4.69) is 10.6 Å². The van der Waals surface area contributed by atoms with Gasteiger partial charge in [0.1, 0.15) is 5.75 Å². The molecule has 0 bridgehead atoms. The summed E-state index contributed by atoms with van der Waals surface area (Å²) in [7, 11) is 0. The lowest BCUT2D eigenvalue weighted by Crippen LogP contribution is -2.30. The van der Waals surface area contributed by atoms with Gasteiger partial charge >= 0.3 is 0 Å². The summed E-state index contributed by atoms with van der Waals surface area (Å²) in [4.78, 5) is 11.8. The number of hydrogen-bond donors (Lipinski definition) is 3. The van der Waals surface area contributed by atoms with Crippen LogP contribution in [-0.4, -0.2) is 24.1 Å². The number of rotatable bonds is 5. The minimum atomic E-state index is -0.0987. The molecule has 0 aliphatic heterocycles. The second-order valence-corrected chi connectivity index (χ2v) is 4.20. The number of amides is 1. The van der Waals surface area contributed by atoms with E-state index in [1.807, 2.05) is 20.8 Å². The van der Waals surface area contributed by atoms with Crippen molar-refractivity contribution < 1.29 is 9.90 Å². The van der Waals surface area contributed by atoms with Crippen LogP contribution in [0.25, 0.3) is 0 Å². The Balaban J connectivity index is 2.58. The first-order chi connectivity index (χ1) is 8.04. The molecule has 1 aromatic rings. The standard InChI is InChI=1S/C13H20N2O2/c1-4-14-8-10(3)13(17)15-11-6-5-9(2)12(16)7-11/h5-7,10,14,16H,4,8H2,1-3H3,(H,15,17). The summed E-state index contributed by atoms with van der Waals surface area (Å²) in [6.45, 7) is 7.19. The number of hydrogen-bond acceptors (Lipinski definition) is 3. The summed E-state index contributed by atoms with van der Waals surface area (Å²) >= 11 is 0. The van der Waals surface area contributed by atoms with Gasteiger partial charge in [0.05, 0.1) is 0 Å². The van der Waals surface area contributed by atoms with E-state index in [1.165, 1.54) is 0 Å². The molecule has 1 aromatic carbocycles. The van der Waals surface area contributed by atoms with E-state index < -0.39 is 0 Å². The van der Waals surface area contributed by atoms with Crippen molar-refractivity contribution in [2.24, 2.45) is 5.92 Å². The van der Waals surface area contributed by atoms with Crippen LogP contribution < -0.4 is 10.6 Å². The van der Waals surface area contributed by atoms with Gasteiger partial charge in [-0.05, 0) is 25.1 Å². The van der Waals surface area contributed by atoms with Crippen LogP contribution in [0.3, 0.4) is 0 Å². The Bertz CT molecular complexity index is 391. The van der Waals surface area contributed by atoms with Crippen molar-refractivity contribution in [3.63, 3.8) is 0 Å². The van der Waals surface area contributed by atoms with E-state index in [4.69, 9.17) is 0 Å². The summed E-state index contributed by atoms with van der Waals surface area (Å²) < 4.78 is 0. The second-order valence-electron chi connectivity index (χ2n) is 4.20. The lowest BCUT2D eigenvalue weighted by molar-refractivity contribution is -0.119. The summed E-state index contributed by atoms with van der Waals surface area (Å²) in [5.74, 6) is 0.0507. The van der Waals surface area contributed by atoms with Gasteiger partial charge in [-0.25, -0.2) is 0 Å². The first-order valence-corrected chi connectivity index (χ1v) is 5.85. The molecule has 1 amide bonds. The van der Waals surface area contributed by atoms with Crippen molar-refractivity contribution in [1.82, 2.24) is 5.32 Å². The number of phenols is 1. The molecule has 0 saturated heterocycles. The number of aromatic hydroxyl groups is 1. The lowest BCUT2D eigenvalue weighted by atomic mass is 10.1. The molecule has 4 nitrogen and oxygen atoms in total. The number of anilines is 1. The molecule has 0 fully saturated rings. The van der Waals surface area contributed by atoms with Gasteiger partial charge in [-0.2, -0.15) is 0 Å². The normalized spacial score (nSPS) is 12.2. The van der Waals surface area contributed by atoms with Crippen molar-refractivity contribution in [3.8, 4) is 5.75 Å². The zero-order chi connectivity index (χ0) is 12.8. The van der Waals surface area contributed by atoms with Crippen LogP contribution in [0.5, 0.6) is 5.75 Å². The fourth-order valence-corrected chi connectivity index (χ4v) is 1.41. The first kappa shape index (κ1) is 13.5. The molecule has 4 heteroatoms. The molecule has 0 heterocycles. The third-order valence-electron chi connectivity index (χ3n) is 2.62. The Labute approximate surface area is 102 Å². The van der Waals surface area contributed by atoms with Gasteiger partial charge in [-0.15, -0.1) is 0 Å². The van der Waals surface area contributed by atoms with E-state index in [0.717, 1.165) is 12.1 Å². The lowest BCUT2D eigenvalue weighted by Gasteiger charge is -2.13. The number of nitrogens with one attached hydrogen (secondary N) is 2. The Morgan fingerprint density at radius 3 is 2.76 bits per heavy atom. The highest BCUT2D eigenvalue weighted by atomic mass is 16.3. The van der Waals surface area contributed by atoms with Gasteiger partial charge in [0.2, 0.25) is 5.91 Å². The van der Waals surface area contributed by atoms with E-state index in [1.54, 1.807) is 18.2 Å². The predicted molar refractivity (Wildman–Crippen MR) is 69.2 cm³/mol. The van der Waals surface area contributed by atoms with Crippen molar-refractivity contribution in [3.05, 3.63) is 23.8 Å². The molecule has 0 aliphatic carbocycles. The van der Waals surface area contributed by atoms with E-state index in [-0.39, 0.29) is 17.6 Å². The van der Waals surface area contributed by atoms with Crippen molar-refractivity contribution >= 4 is 11.6 Å². The molecule has 0 radical (unpaired) electrons. The maximum Gasteiger partial charge on any atom is 0.228 e. The Kier molecular flexibility index (Phi) is 4.97. The van der Waals surface area contributed by atoms with Gasteiger partial charge < -0.3 is 15.7 Å². The highest BCUT2D eigenvalue weighted by Gasteiger charge is 2.12. The number of phenolic OH excluding ortho intramolecular Hbond substituents is 1. The number of benzene rings is 1. The fraction of sp³-hybridized carbons (Fsp3) is 0.462. The maximum atomic E-state index is 11.8. The van der Waals surface area contributed by atoms with E-state index >= 15 is 0 Å². The first-order valence-electron chi connectivity index (χ1n) is 5.85. The smallest absolute Gasteiger partial charge is 0.228 e. The molecule has 1 atom stereocenters. The molecular formula is C13H20N2O2. The molecule has 0 aromatic heterocycles. The van der Waals surface area contributed by atoms with Crippen LogP contribution in [0.15, 0.2) is 18.2 Å². The van der Waals surface area contributed by atoms with Gasteiger partial charge in [-0.1, -0.05) is 19.9 Å². The largest absolute Gasteiger partial charge is 0.508 e. The molecule has 1 unspecified atom stereocenters. The predicted octanol–water partition coefficient (Wildman–Crippen LogP) is 1.88. The fourth-order valence-electron chi connectivity index (χ4n) is 1.41. The molecule has 0 saturated carbocycles. The molecule has 94 valence electrons. The van der Waals surface area contributed by atoms with Crippen LogP contribution in [0.1, 0.15) is 19.4 Å². The number of carbonyl (C=O) groups is 1. The van der Waals surface area contributed by atoms with Crippen LogP contribution >= 0.6 is 0 Å². The highest BCUT2D eigenvalue weighted by Crippen LogP contribution is 2.21. The third kappa shape index (κ3) is 4.07. The van der Waals surface area contributed by atoms with E-state index in [9.17, 15) is 9.90 Å². The molecule has 0 spiro atoms. The molecule has 0 aliphatic rings. The van der Waals surface area contributed by atoms with Crippen LogP contribution in [0.2, 0.25) is 0 Å². The molecule has 3 N–H and O–H groups in total. The van der Waals surface area contributed by atoms with Gasteiger partial charge in [-0.3, -0.25) is 4.79 Å². The second kappa shape index (κ2) is 6.25. The quantitative estimate of drug-likeness (QED) is 0.731. The zero-order valence-corrected chi connectivity index (χ0v) is 10.6. The monoisotopic (exact) mass is 236 g/mol. The average Bonchev–Trinajstić information content (AvgIpc) is 2.30. The minimum Gasteiger partial charge on any atom is -0.508 e. The van der Waals surface area contributed by atoms with Crippen molar-refractivity contribution in [2.45, 2.75) is 20.8 Å². The van der Waals surface area contributed by atoms with Gasteiger partial charge in [0.25, 0.3) is 0 Å². The van der Waals surface area contributed by atoms with E-state index in [0.29, 0.717) is 12.2 Å². The van der Waals surface area contributed by atoms with Crippen LogP contribution in [0.4, 0.5) is 5.69 Å². The SMILES string of the molecule is CCNCC(C)C(=O)Nc1ccc(C)c(O)c1. The Morgan fingerprint density at radius 1 is 1.47 bits per heavy atom. The average molecular weight is 236 g/mol. The zero-order valence-electron chi connectivity index (χ0n) is 10.6. The van der Waals surface area contributed by atoms with Crippen molar-refractivity contribution in [2.75, 3.05) is 18.4 Å². The van der Waals surface area contributed by atoms with Crippen LogP contribution in [-0.2, 0) is 4.79 Å². The highest BCUT2D eigenvalue weighted by molar-refractivity contribution is 5.92. The Morgan fingerprint density at radius 2 is 2.18 bits per heavy atom. The summed E-state index contributed by atoms with van der Waals surface area (Å²) in [6.07, 6.45) is 0.